The van der Waals surface area contributed by atoms with E-state index in [1.165, 1.54) is 19.1 Å². The normalized spacial score (nSPS) is 19.4. The minimum absolute atomic E-state index is 0.0605. The summed E-state index contributed by atoms with van der Waals surface area (Å²) in [5, 5.41) is 15.9. The number of carbonyl (C=O) groups excluding carboxylic acids is 3. The molecular weight excluding hydrogens is 432 g/mol. The fourth-order valence-electron chi connectivity index (χ4n) is 3.32. The van der Waals surface area contributed by atoms with Gasteiger partial charge in [0, 0.05) is 11.8 Å². The van der Waals surface area contributed by atoms with E-state index in [0.29, 0.717) is 17.1 Å². The Bertz CT molecular complexity index is 1140. The van der Waals surface area contributed by atoms with Gasteiger partial charge in [0.1, 0.15) is 17.1 Å². The van der Waals surface area contributed by atoms with Crippen LogP contribution in [-0.4, -0.2) is 41.0 Å². The van der Waals surface area contributed by atoms with Gasteiger partial charge in [-0.2, -0.15) is 0 Å². The molecule has 0 aromatic heterocycles. The van der Waals surface area contributed by atoms with Gasteiger partial charge >= 0.3 is 6.03 Å². The maximum atomic E-state index is 13.0. The molecule has 2 N–H and O–H groups in total. The number of nitrogens with one attached hydrogen (secondary N) is 2. The molecule has 0 spiro atoms. The fourth-order valence-corrected chi connectivity index (χ4v) is 3.50. The van der Waals surface area contributed by atoms with E-state index in [4.69, 9.17) is 21.1 Å². The van der Waals surface area contributed by atoms with Gasteiger partial charge in [-0.3, -0.25) is 24.6 Å². The number of ether oxygens (including phenoxy) is 2. The lowest BCUT2D eigenvalue weighted by Crippen LogP contribution is -2.42. The molecule has 11 nitrogen and oxygen atoms in total. The van der Waals surface area contributed by atoms with Crippen LogP contribution in [0.25, 0.3) is 0 Å². The lowest BCUT2D eigenvalue weighted by atomic mass is 9.91. The molecule has 2 aliphatic rings. The Balaban J connectivity index is 1.50. The predicted octanol–water partition coefficient (Wildman–Crippen LogP) is 2.38. The highest BCUT2D eigenvalue weighted by molar-refractivity contribution is 6.32. The molecule has 2 heterocycles. The van der Waals surface area contributed by atoms with Crippen LogP contribution in [0, 0.1) is 10.1 Å². The first-order valence-electron chi connectivity index (χ1n) is 8.97. The second-order valence-corrected chi connectivity index (χ2v) is 7.39. The largest absolute Gasteiger partial charge is 0.454 e. The fraction of sp³-hybridized carbons (Fsp3) is 0.211. The number of rotatable bonds is 5. The number of nitro groups is 1. The van der Waals surface area contributed by atoms with Gasteiger partial charge in [0.25, 0.3) is 11.6 Å². The van der Waals surface area contributed by atoms with E-state index in [1.807, 2.05) is 0 Å². The molecule has 4 rings (SSSR count). The molecule has 160 valence electrons. The summed E-state index contributed by atoms with van der Waals surface area (Å²) in [5.74, 6) is -0.373. The number of hydrogen-bond donors (Lipinski definition) is 2. The first-order valence-corrected chi connectivity index (χ1v) is 9.35. The molecule has 2 aromatic rings. The number of anilines is 1. The van der Waals surface area contributed by atoms with Crippen molar-refractivity contribution in [1.29, 1.82) is 0 Å². The molecule has 2 aliphatic heterocycles. The van der Waals surface area contributed by atoms with Crippen molar-refractivity contribution in [2.45, 2.75) is 12.5 Å². The molecule has 31 heavy (non-hydrogen) atoms. The Morgan fingerprint density at radius 3 is 2.74 bits per heavy atom. The van der Waals surface area contributed by atoms with Crippen molar-refractivity contribution >= 4 is 40.8 Å². The van der Waals surface area contributed by atoms with Gasteiger partial charge in [-0.15, -0.1) is 0 Å². The topological polar surface area (TPSA) is 140 Å². The number of halogens is 1. The van der Waals surface area contributed by atoms with Gasteiger partial charge in [0.05, 0.1) is 4.92 Å². The van der Waals surface area contributed by atoms with E-state index in [0.717, 1.165) is 11.0 Å². The Morgan fingerprint density at radius 2 is 2.00 bits per heavy atom. The zero-order valence-electron chi connectivity index (χ0n) is 16.0. The first-order chi connectivity index (χ1) is 14.7. The maximum Gasteiger partial charge on any atom is 0.325 e. The minimum Gasteiger partial charge on any atom is -0.454 e. The molecule has 1 saturated heterocycles. The molecule has 0 bridgehead atoms. The van der Waals surface area contributed by atoms with Crippen molar-refractivity contribution in [3.05, 3.63) is 57.1 Å². The lowest BCUT2D eigenvalue weighted by molar-refractivity contribution is -0.384. The van der Waals surface area contributed by atoms with Gasteiger partial charge < -0.3 is 20.1 Å². The highest BCUT2D eigenvalue weighted by atomic mass is 35.5. The number of hydrogen-bond acceptors (Lipinski definition) is 7. The van der Waals surface area contributed by atoms with Crippen molar-refractivity contribution in [3.63, 3.8) is 0 Å². The van der Waals surface area contributed by atoms with Crippen LogP contribution in [0.5, 0.6) is 11.5 Å². The predicted molar refractivity (Wildman–Crippen MR) is 107 cm³/mol. The zero-order chi connectivity index (χ0) is 22.3. The number of benzene rings is 2. The molecular formula is C19H15ClN4O7. The van der Waals surface area contributed by atoms with Crippen LogP contribution in [0.2, 0.25) is 5.02 Å². The monoisotopic (exact) mass is 446 g/mol. The summed E-state index contributed by atoms with van der Waals surface area (Å²) in [4.78, 5) is 48.9. The summed E-state index contributed by atoms with van der Waals surface area (Å²) in [6, 6.07) is 7.82. The van der Waals surface area contributed by atoms with Crippen molar-refractivity contribution in [2.24, 2.45) is 0 Å². The molecule has 1 unspecified atom stereocenters. The first kappa shape index (κ1) is 20.4. The van der Waals surface area contributed by atoms with Crippen LogP contribution in [0.4, 0.5) is 16.2 Å². The van der Waals surface area contributed by atoms with Crippen LogP contribution in [0.15, 0.2) is 36.4 Å². The maximum absolute atomic E-state index is 13.0. The molecule has 12 heteroatoms. The van der Waals surface area contributed by atoms with E-state index in [2.05, 4.69) is 10.6 Å². The molecule has 0 aliphatic carbocycles. The highest BCUT2D eigenvalue weighted by Crippen LogP contribution is 2.37. The lowest BCUT2D eigenvalue weighted by Gasteiger charge is -2.22. The number of nitrogens with zero attached hydrogens (tertiary/aromatic N) is 2. The summed E-state index contributed by atoms with van der Waals surface area (Å²) >= 11 is 5.75. The van der Waals surface area contributed by atoms with E-state index in [-0.39, 0.29) is 23.2 Å². The quantitative estimate of drug-likeness (QED) is 0.408. The summed E-state index contributed by atoms with van der Waals surface area (Å²) < 4.78 is 10.6. The molecule has 0 radical (unpaired) electrons. The Morgan fingerprint density at radius 1 is 1.26 bits per heavy atom. The smallest absolute Gasteiger partial charge is 0.325 e. The van der Waals surface area contributed by atoms with Crippen LogP contribution >= 0.6 is 11.6 Å². The Labute approximate surface area is 180 Å². The molecule has 1 fully saturated rings. The SMILES string of the molecule is CC1(c2ccc3c(c2)OCO3)NC(=O)N(CC(=O)Nc2ccc(Cl)c([N+](=O)[O-])c2)C1=O. The van der Waals surface area contributed by atoms with Crippen molar-refractivity contribution in [2.75, 3.05) is 18.7 Å². The summed E-state index contributed by atoms with van der Waals surface area (Å²) in [7, 11) is 0. The molecule has 2 aromatic carbocycles. The number of carbonyl (C=O) groups is 3. The van der Waals surface area contributed by atoms with Crippen LogP contribution in [-0.2, 0) is 15.1 Å². The van der Waals surface area contributed by atoms with E-state index >= 15 is 0 Å². The second-order valence-electron chi connectivity index (χ2n) is 6.99. The van der Waals surface area contributed by atoms with Gasteiger partial charge in [-0.25, -0.2) is 4.79 Å². The third kappa shape index (κ3) is 3.59. The molecule has 1 atom stereocenters. The van der Waals surface area contributed by atoms with Crippen LogP contribution in [0.3, 0.4) is 0 Å². The van der Waals surface area contributed by atoms with Gasteiger partial charge in [0.15, 0.2) is 11.5 Å². The molecule has 0 saturated carbocycles. The van der Waals surface area contributed by atoms with Gasteiger partial charge in [-0.1, -0.05) is 17.7 Å². The molecule has 4 amide bonds. The highest BCUT2D eigenvalue weighted by Gasteiger charge is 2.49. The summed E-state index contributed by atoms with van der Waals surface area (Å²) in [6.45, 7) is 0.997. The van der Waals surface area contributed by atoms with Crippen molar-refractivity contribution in [1.82, 2.24) is 10.2 Å². The van der Waals surface area contributed by atoms with Crippen LogP contribution < -0.4 is 20.1 Å². The minimum atomic E-state index is -1.41. The second kappa shape index (κ2) is 7.43. The standard InChI is InChI=1S/C19H15ClN4O7/c1-19(10-2-5-14-15(6-10)31-9-30-14)17(26)23(18(27)22-19)8-16(25)21-11-3-4-12(20)13(7-11)24(28)29/h2-7H,8-9H2,1H3,(H,21,25)(H,22,27). The van der Waals surface area contributed by atoms with Crippen LogP contribution in [0.1, 0.15) is 12.5 Å². The number of amides is 4. The average molecular weight is 447 g/mol. The summed E-state index contributed by atoms with van der Waals surface area (Å²) in [6.07, 6.45) is 0. The number of urea groups is 1. The number of imide groups is 1. The third-order valence-corrected chi connectivity index (χ3v) is 5.27. The number of fused-ring (bicyclic) bond motifs is 1. The van der Waals surface area contributed by atoms with E-state index in [1.54, 1.807) is 18.2 Å². The Kier molecular flexibility index (Phi) is 4.90. The summed E-state index contributed by atoms with van der Waals surface area (Å²) in [5.41, 5.74) is -1.22. The zero-order valence-corrected chi connectivity index (χ0v) is 16.8. The van der Waals surface area contributed by atoms with E-state index in [9.17, 15) is 24.5 Å². The van der Waals surface area contributed by atoms with Gasteiger partial charge in [0.2, 0.25) is 12.7 Å². The van der Waals surface area contributed by atoms with Crippen molar-refractivity contribution in [3.8, 4) is 11.5 Å². The third-order valence-electron chi connectivity index (χ3n) is 4.95. The van der Waals surface area contributed by atoms with E-state index < -0.39 is 34.9 Å². The van der Waals surface area contributed by atoms with Crippen molar-refractivity contribution < 1.29 is 28.8 Å². The van der Waals surface area contributed by atoms with Gasteiger partial charge in [-0.05, 0) is 36.8 Å². The number of nitro benzene ring substituents is 1. The Hall–Kier alpha value is -3.86. The average Bonchev–Trinajstić information content (AvgIpc) is 3.27.